The molecule has 0 atom stereocenters. The van der Waals surface area contributed by atoms with E-state index >= 15 is 0 Å². The fraction of sp³-hybridized carbons (Fsp3) is 1.00. The van der Waals surface area contributed by atoms with E-state index in [1.807, 2.05) is 0 Å². The molecule has 92 valence electrons. The number of halogens is 1. The molecule has 1 nitrogen and oxygen atoms in total. The molecular formula is C14H24ClN. The van der Waals surface area contributed by atoms with Crippen molar-refractivity contribution >= 4 is 12.4 Å². The minimum atomic E-state index is 0. The maximum absolute atomic E-state index is 2.90. The van der Waals surface area contributed by atoms with Gasteiger partial charge in [-0.05, 0) is 82.2 Å². The Labute approximate surface area is 105 Å². The highest BCUT2D eigenvalue weighted by atomic mass is 35.5. The molecule has 1 heterocycles. The maximum atomic E-state index is 2.90. The average molecular weight is 242 g/mol. The van der Waals surface area contributed by atoms with Crippen LogP contribution >= 0.6 is 12.4 Å². The predicted octanol–water partition coefficient (Wildman–Crippen LogP) is 3.47. The molecule has 0 aromatic heterocycles. The van der Waals surface area contributed by atoms with E-state index in [0.29, 0.717) is 5.54 Å². The highest BCUT2D eigenvalue weighted by molar-refractivity contribution is 5.85. The van der Waals surface area contributed by atoms with Crippen LogP contribution in [0.25, 0.3) is 0 Å². The van der Waals surface area contributed by atoms with Gasteiger partial charge in [0.1, 0.15) is 0 Å². The Balaban J connectivity index is 0.000000810. The SMILES string of the molecule is C1CCN(C23CC4CC(CC(C4)C2)C3)C1.Cl. The normalized spacial score (nSPS) is 50.6. The second kappa shape index (κ2) is 3.88. The molecule has 5 rings (SSSR count). The molecule has 2 heteroatoms. The number of hydrogen-bond acceptors (Lipinski definition) is 1. The van der Waals surface area contributed by atoms with E-state index in [1.165, 1.54) is 25.9 Å². The Bertz CT molecular complexity index is 235. The summed E-state index contributed by atoms with van der Waals surface area (Å²) in [6.45, 7) is 2.85. The lowest BCUT2D eigenvalue weighted by Gasteiger charge is -2.60. The van der Waals surface area contributed by atoms with Gasteiger partial charge in [-0.15, -0.1) is 12.4 Å². The van der Waals surface area contributed by atoms with E-state index in [4.69, 9.17) is 0 Å². The first-order chi connectivity index (χ1) is 7.34. The molecule has 5 aliphatic rings. The summed E-state index contributed by atoms with van der Waals surface area (Å²) in [7, 11) is 0. The Morgan fingerprint density at radius 3 is 1.62 bits per heavy atom. The summed E-state index contributed by atoms with van der Waals surface area (Å²) in [5, 5.41) is 0. The molecule has 0 amide bonds. The zero-order valence-electron chi connectivity index (χ0n) is 10.2. The number of hydrogen-bond donors (Lipinski definition) is 0. The van der Waals surface area contributed by atoms with Gasteiger partial charge in [0.15, 0.2) is 0 Å². The second-order valence-corrected chi connectivity index (χ2v) is 6.84. The first-order valence-corrected chi connectivity index (χ1v) is 7.09. The lowest BCUT2D eigenvalue weighted by molar-refractivity contribution is -0.0801. The largest absolute Gasteiger partial charge is 0.298 e. The molecule has 0 spiro atoms. The summed E-state index contributed by atoms with van der Waals surface area (Å²) in [4.78, 5) is 2.90. The van der Waals surface area contributed by atoms with E-state index in [1.54, 1.807) is 38.5 Å². The van der Waals surface area contributed by atoms with Crippen LogP contribution in [0.5, 0.6) is 0 Å². The van der Waals surface area contributed by atoms with Crippen molar-refractivity contribution in [3.8, 4) is 0 Å². The molecule has 0 radical (unpaired) electrons. The minimum Gasteiger partial charge on any atom is -0.298 e. The van der Waals surface area contributed by atoms with Crippen LogP contribution in [-0.2, 0) is 0 Å². The van der Waals surface area contributed by atoms with E-state index < -0.39 is 0 Å². The summed E-state index contributed by atoms with van der Waals surface area (Å²) in [6.07, 6.45) is 12.4. The van der Waals surface area contributed by atoms with Crippen molar-refractivity contribution in [3.63, 3.8) is 0 Å². The van der Waals surface area contributed by atoms with E-state index in [9.17, 15) is 0 Å². The van der Waals surface area contributed by atoms with Gasteiger partial charge in [0.05, 0.1) is 0 Å². The van der Waals surface area contributed by atoms with Gasteiger partial charge in [-0.25, -0.2) is 0 Å². The average Bonchev–Trinajstić information content (AvgIpc) is 2.67. The fourth-order valence-corrected chi connectivity index (χ4v) is 5.64. The molecule has 0 aromatic carbocycles. The smallest absolute Gasteiger partial charge is 0.0217 e. The molecule has 4 bridgehead atoms. The Morgan fingerprint density at radius 1 is 0.750 bits per heavy atom. The van der Waals surface area contributed by atoms with Crippen molar-refractivity contribution < 1.29 is 0 Å². The van der Waals surface area contributed by atoms with Gasteiger partial charge in [-0.3, -0.25) is 4.90 Å². The third-order valence-electron chi connectivity index (χ3n) is 5.78. The van der Waals surface area contributed by atoms with Crippen LogP contribution < -0.4 is 0 Å². The van der Waals surface area contributed by atoms with Crippen LogP contribution in [0.2, 0.25) is 0 Å². The summed E-state index contributed by atoms with van der Waals surface area (Å²) in [6, 6.07) is 0. The first kappa shape index (κ1) is 11.3. The van der Waals surface area contributed by atoms with Gasteiger partial charge in [0.25, 0.3) is 0 Å². The summed E-state index contributed by atoms with van der Waals surface area (Å²) in [5.74, 6) is 3.37. The lowest BCUT2D eigenvalue weighted by atomic mass is 9.52. The van der Waals surface area contributed by atoms with Gasteiger partial charge >= 0.3 is 0 Å². The number of likely N-dealkylation sites (tertiary alicyclic amines) is 1. The monoisotopic (exact) mass is 241 g/mol. The molecule has 0 N–H and O–H groups in total. The van der Waals surface area contributed by atoms with Crippen molar-refractivity contribution in [2.24, 2.45) is 17.8 Å². The first-order valence-electron chi connectivity index (χ1n) is 7.09. The highest BCUT2D eigenvalue weighted by Gasteiger charge is 2.53. The van der Waals surface area contributed by atoms with Crippen molar-refractivity contribution in [3.05, 3.63) is 0 Å². The molecule has 0 aromatic rings. The van der Waals surface area contributed by atoms with Crippen molar-refractivity contribution in [1.29, 1.82) is 0 Å². The van der Waals surface area contributed by atoms with Crippen LogP contribution in [0.1, 0.15) is 51.4 Å². The summed E-state index contributed by atoms with van der Waals surface area (Å²) in [5.41, 5.74) is 0.714. The van der Waals surface area contributed by atoms with Crippen molar-refractivity contribution in [1.82, 2.24) is 4.90 Å². The third kappa shape index (κ3) is 1.54. The highest BCUT2D eigenvalue weighted by Crippen LogP contribution is 2.58. The quantitative estimate of drug-likeness (QED) is 0.680. The van der Waals surface area contributed by atoms with Gasteiger partial charge in [-0.2, -0.15) is 0 Å². The molecular weight excluding hydrogens is 218 g/mol. The van der Waals surface area contributed by atoms with Gasteiger partial charge < -0.3 is 0 Å². The van der Waals surface area contributed by atoms with Crippen LogP contribution in [0, 0.1) is 17.8 Å². The predicted molar refractivity (Wildman–Crippen MR) is 69.0 cm³/mol. The molecule has 5 fully saturated rings. The van der Waals surface area contributed by atoms with E-state index in [-0.39, 0.29) is 12.4 Å². The molecule has 4 aliphatic carbocycles. The maximum Gasteiger partial charge on any atom is 0.0217 e. The number of nitrogens with zero attached hydrogens (tertiary/aromatic N) is 1. The molecule has 1 saturated heterocycles. The Morgan fingerprint density at radius 2 is 1.19 bits per heavy atom. The molecule has 16 heavy (non-hydrogen) atoms. The van der Waals surface area contributed by atoms with Gasteiger partial charge in [-0.1, -0.05) is 0 Å². The second-order valence-electron chi connectivity index (χ2n) is 6.84. The van der Waals surface area contributed by atoms with Crippen LogP contribution in [0.4, 0.5) is 0 Å². The topological polar surface area (TPSA) is 3.24 Å². The van der Waals surface area contributed by atoms with Crippen LogP contribution in [0.15, 0.2) is 0 Å². The zero-order chi connectivity index (χ0) is 9.88. The van der Waals surface area contributed by atoms with Crippen molar-refractivity contribution in [2.75, 3.05) is 13.1 Å². The molecule has 1 aliphatic heterocycles. The summed E-state index contributed by atoms with van der Waals surface area (Å²) >= 11 is 0. The van der Waals surface area contributed by atoms with Gasteiger partial charge in [0.2, 0.25) is 0 Å². The fourth-order valence-electron chi connectivity index (χ4n) is 5.64. The standard InChI is InChI=1S/C14H23N.ClH/c1-2-4-15(3-1)14-8-11-5-12(9-14)7-13(6-11)10-14;/h11-13H,1-10H2;1H. The van der Waals surface area contributed by atoms with Crippen LogP contribution in [0.3, 0.4) is 0 Å². The number of rotatable bonds is 1. The van der Waals surface area contributed by atoms with Crippen molar-refractivity contribution in [2.45, 2.75) is 56.9 Å². The summed E-state index contributed by atoms with van der Waals surface area (Å²) < 4.78 is 0. The Hall–Kier alpha value is 0.250. The van der Waals surface area contributed by atoms with E-state index in [2.05, 4.69) is 4.90 Å². The minimum absolute atomic E-state index is 0. The Kier molecular flexibility index (Phi) is 2.75. The van der Waals surface area contributed by atoms with Gasteiger partial charge in [0, 0.05) is 5.54 Å². The van der Waals surface area contributed by atoms with Crippen LogP contribution in [-0.4, -0.2) is 23.5 Å². The zero-order valence-corrected chi connectivity index (χ0v) is 11.0. The molecule has 4 saturated carbocycles. The third-order valence-corrected chi connectivity index (χ3v) is 5.78. The lowest BCUT2D eigenvalue weighted by Crippen LogP contribution is -2.59. The molecule has 0 unspecified atom stereocenters. The van der Waals surface area contributed by atoms with E-state index in [0.717, 1.165) is 17.8 Å².